The molecule has 1 aromatic carbocycles. The minimum Gasteiger partial charge on any atom is -0.384 e. The van der Waals surface area contributed by atoms with Crippen molar-refractivity contribution in [2.24, 2.45) is 0 Å². The van der Waals surface area contributed by atoms with E-state index in [1.165, 1.54) is 18.5 Å². The zero-order valence-electron chi connectivity index (χ0n) is 20.3. The van der Waals surface area contributed by atoms with E-state index < -0.39 is 0 Å². The molecule has 9 heteroatoms. The number of rotatable bonds is 6. The van der Waals surface area contributed by atoms with Gasteiger partial charge in [0.2, 0.25) is 5.95 Å². The molecule has 182 valence electrons. The maximum atomic E-state index is 9.14. The van der Waals surface area contributed by atoms with E-state index in [-0.39, 0.29) is 6.04 Å². The van der Waals surface area contributed by atoms with E-state index in [1.807, 2.05) is 18.3 Å². The molecule has 1 atom stereocenters. The highest BCUT2D eigenvalue weighted by molar-refractivity contribution is 5.80. The van der Waals surface area contributed by atoms with Gasteiger partial charge in [-0.1, -0.05) is 6.07 Å². The van der Waals surface area contributed by atoms with Crippen LogP contribution in [-0.2, 0) is 0 Å². The van der Waals surface area contributed by atoms with E-state index in [1.54, 1.807) is 6.07 Å². The number of nitrogens with zero attached hydrogens (tertiary/aromatic N) is 7. The number of nitrogens with two attached hydrogens (primary N) is 1. The molecule has 6 rings (SSSR count). The molecule has 1 unspecified atom stereocenters. The van der Waals surface area contributed by atoms with Gasteiger partial charge in [-0.3, -0.25) is 9.47 Å². The lowest BCUT2D eigenvalue weighted by atomic mass is 10.1. The summed E-state index contributed by atoms with van der Waals surface area (Å²) in [5, 5.41) is 13.5. The van der Waals surface area contributed by atoms with Crippen LogP contribution in [0, 0.1) is 11.3 Å². The molecule has 9 nitrogen and oxygen atoms in total. The van der Waals surface area contributed by atoms with Crippen LogP contribution in [0.25, 0.3) is 16.9 Å². The second kappa shape index (κ2) is 9.13. The van der Waals surface area contributed by atoms with Crippen molar-refractivity contribution < 1.29 is 0 Å². The molecular weight excluding hydrogens is 450 g/mol. The van der Waals surface area contributed by atoms with Gasteiger partial charge in [-0.25, -0.2) is 9.97 Å². The van der Waals surface area contributed by atoms with Crippen molar-refractivity contribution in [2.45, 2.75) is 31.2 Å². The fourth-order valence-electron chi connectivity index (χ4n) is 4.94. The number of piperazine rings is 1. The Morgan fingerprint density at radius 2 is 1.94 bits per heavy atom. The molecule has 1 aliphatic heterocycles. The van der Waals surface area contributed by atoms with E-state index in [0.717, 1.165) is 47.9 Å². The molecule has 4 aromatic rings. The monoisotopic (exact) mass is 479 g/mol. The topological polar surface area (TPSA) is 112 Å². The van der Waals surface area contributed by atoms with E-state index in [4.69, 9.17) is 16.0 Å². The molecule has 2 aliphatic rings. The molecule has 1 saturated carbocycles. The van der Waals surface area contributed by atoms with Gasteiger partial charge in [-0.2, -0.15) is 10.2 Å². The first-order chi connectivity index (χ1) is 17.6. The first kappa shape index (κ1) is 22.3. The summed E-state index contributed by atoms with van der Waals surface area (Å²) in [5.41, 5.74) is 10.1. The number of nitrogens with one attached hydrogen (secondary N) is 1. The van der Waals surface area contributed by atoms with Crippen LogP contribution in [0.1, 0.15) is 30.9 Å². The minimum atomic E-state index is 0.257. The number of hydrogen-bond acceptors (Lipinski definition) is 8. The molecule has 0 spiro atoms. The average molecular weight is 480 g/mol. The Bertz CT molecular complexity index is 1430. The van der Waals surface area contributed by atoms with Gasteiger partial charge in [0.05, 0.1) is 12.5 Å². The quantitative estimate of drug-likeness (QED) is 0.426. The first-order valence-electron chi connectivity index (χ1n) is 12.4. The summed E-state index contributed by atoms with van der Waals surface area (Å²) in [4.78, 5) is 18.6. The zero-order valence-corrected chi connectivity index (χ0v) is 20.3. The summed E-state index contributed by atoms with van der Waals surface area (Å²) in [6, 6.07) is 18.8. The Hall–Kier alpha value is -4.16. The Kier molecular flexibility index (Phi) is 5.66. The number of fused-ring (bicyclic) bond motifs is 1. The van der Waals surface area contributed by atoms with Gasteiger partial charge in [-0.15, -0.1) is 0 Å². The number of likely N-dealkylation sites (N-methyl/N-ethyl adjacent to an activating group) is 1. The van der Waals surface area contributed by atoms with E-state index in [2.05, 4.69) is 73.1 Å². The lowest BCUT2D eigenvalue weighted by molar-refractivity contribution is 0.221. The molecule has 0 radical (unpaired) electrons. The van der Waals surface area contributed by atoms with Crippen LogP contribution in [0.15, 0.2) is 54.7 Å². The predicted molar refractivity (Wildman–Crippen MR) is 142 cm³/mol. The molecule has 36 heavy (non-hydrogen) atoms. The maximum Gasteiger partial charge on any atom is 0.229 e. The van der Waals surface area contributed by atoms with Gasteiger partial charge < -0.3 is 16.0 Å². The molecule has 1 saturated heterocycles. The number of hydrogen-bond donors (Lipinski definition) is 2. The van der Waals surface area contributed by atoms with Crippen LogP contribution < -0.4 is 16.0 Å². The predicted octanol–water partition coefficient (Wildman–Crippen LogP) is 4.05. The van der Waals surface area contributed by atoms with Crippen molar-refractivity contribution in [1.29, 1.82) is 5.26 Å². The SMILES string of the molecule is CN1CCN(c2ccc(Nc3ncc4cc(C5CC5)n(-c5cccc(N)n5)c4n3)cc2)CC1CC#N. The summed E-state index contributed by atoms with van der Waals surface area (Å²) in [6.45, 7) is 2.75. The van der Waals surface area contributed by atoms with E-state index in [9.17, 15) is 0 Å². The third-order valence-electron chi connectivity index (χ3n) is 7.14. The highest BCUT2D eigenvalue weighted by Crippen LogP contribution is 2.43. The van der Waals surface area contributed by atoms with Crippen molar-refractivity contribution in [1.82, 2.24) is 24.4 Å². The fraction of sp³-hybridized carbons (Fsp3) is 0.333. The average Bonchev–Trinajstić information content (AvgIpc) is 3.66. The third-order valence-corrected chi connectivity index (χ3v) is 7.14. The van der Waals surface area contributed by atoms with Gasteiger partial charge in [0, 0.05) is 54.3 Å². The zero-order chi connectivity index (χ0) is 24.6. The maximum absolute atomic E-state index is 9.14. The third kappa shape index (κ3) is 4.32. The largest absolute Gasteiger partial charge is 0.384 e. The Balaban J connectivity index is 1.25. The lowest BCUT2D eigenvalue weighted by Crippen LogP contribution is -2.51. The van der Waals surface area contributed by atoms with Gasteiger partial charge in [-0.05, 0) is 68.3 Å². The highest BCUT2D eigenvalue weighted by Gasteiger charge is 2.29. The van der Waals surface area contributed by atoms with Gasteiger partial charge in [0.1, 0.15) is 11.6 Å². The van der Waals surface area contributed by atoms with Crippen LogP contribution in [0.4, 0.5) is 23.1 Å². The molecule has 4 heterocycles. The summed E-state index contributed by atoms with van der Waals surface area (Å²) in [7, 11) is 2.09. The van der Waals surface area contributed by atoms with Crippen LogP contribution in [-0.4, -0.2) is 57.1 Å². The fourth-order valence-corrected chi connectivity index (χ4v) is 4.94. The van der Waals surface area contributed by atoms with Crippen molar-refractivity contribution >= 4 is 34.2 Å². The van der Waals surface area contributed by atoms with Crippen LogP contribution in [0.5, 0.6) is 0 Å². The molecule has 3 aromatic heterocycles. The number of nitriles is 1. The molecule has 0 amide bonds. The summed E-state index contributed by atoms with van der Waals surface area (Å²) in [6.07, 6.45) is 4.76. The number of benzene rings is 1. The summed E-state index contributed by atoms with van der Waals surface area (Å²) in [5.74, 6) is 2.33. The van der Waals surface area contributed by atoms with Crippen molar-refractivity contribution in [2.75, 3.05) is 42.6 Å². The second-order valence-corrected chi connectivity index (χ2v) is 9.69. The number of nitrogen functional groups attached to an aromatic ring is 1. The van der Waals surface area contributed by atoms with E-state index >= 15 is 0 Å². The Labute approximate surface area is 210 Å². The first-order valence-corrected chi connectivity index (χ1v) is 12.4. The Morgan fingerprint density at radius 1 is 1.11 bits per heavy atom. The molecular formula is C27H29N9. The second-order valence-electron chi connectivity index (χ2n) is 9.69. The van der Waals surface area contributed by atoms with Gasteiger partial charge in [0.25, 0.3) is 0 Å². The van der Waals surface area contributed by atoms with Crippen molar-refractivity contribution in [3.8, 4) is 11.9 Å². The van der Waals surface area contributed by atoms with Crippen LogP contribution in [0.3, 0.4) is 0 Å². The molecule has 3 N–H and O–H groups in total. The normalized spacial score (nSPS) is 18.3. The number of anilines is 4. The number of pyridine rings is 1. The van der Waals surface area contributed by atoms with Crippen molar-refractivity contribution in [3.05, 3.63) is 60.4 Å². The Morgan fingerprint density at radius 3 is 2.69 bits per heavy atom. The van der Waals surface area contributed by atoms with E-state index in [0.29, 0.717) is 24.1 Å². The lowest BCUT2D eigenvalue weighted by Gasteiger charge is -2.39. The van der Waals surface area contributed by atoms with Gasteiger partial charge in [0.15, 0.2) is 5.65 Å². The highest BCUT2D eigenvalue weighted by atomic mass is 15.3. The van der Waals surface area contributed by atoms with Crippen LogP contribution in [0.2, 0.25) is 0 Å². The number of aromatic nitrogens is 4. The van der Waals surface area contributed by atoms with Crippen molar-refractivity contribution in [3.63, 3.8) is 0 Å². The van der Waals surface area contributed by atoms with Gasteiger partial charge >= 0.3 is 0 Å². The smallest absolute Gasteiger partial charge is 0.229 e. The summed E-state index contributed by atoms with van der Waals surface area (Å²) < 4.78 is 2.12. The molecule has 1 aliphatic carbocycles. The van der Waals surface area contributed by atoms with Crippen LogP contribution >= 0.6 is 0 Å². The standard InChI is InChI=1S/C27H29N9/c1-34-13-14-35(17-22(34)11-12-28)21-9-7-20(8-10-21)31-27-30-16-19-15-23(18-5-6-18)36(26(19)33-27)25-4-2-3-24(29)32-25/h2-4,7-10,15-16,18,22H,5-6,11,13-14,17H2,1H3,(H2,29,32)(H,30,31,33). The molecule has 0 bridgehead atoms. The summed E-state index contributed by atoms with van der Waals surface area (Å²) >= 11 is 0. The minimum absolute atomic E-state index is 0.257. The molecule has 2 fully saturated rings.